The van der Waals surface area contributed by atoms with Crippen LogP contribution in [0.15, 0.2) is 29.6 Å². The first-order valence-corrected chi connectivity index (χ1v) is 7.31. The fraction of sp³-hybridized carbons (Fsp3) is 0.167. The second-order valence-electron chi connectivity index (χ2n) is 3.70. The highest BCUT2D eigenvalue weighted by molar-refractivity contribution is 14.1. The van der Waals surface area contributed by atoms with Crippen molar-refractivity contribution in [3.63, 3.8) is 0 Å². The Labute approximate surface area is 123 Å². The van der Waals surface area contributed by atoms with Gasteiger partial charge in [0.15, 0.2) is 0 Å². The second-order valence-corrected chi connectivity index (χ2v) is 5.89. The monoisotopic (exact) mass is 373 g/mol. The van der Waals surface area contributed by atoms with Crippen molar-refractivity contribution in [2.24, 2.45) is 0 Å². The molecule has 2 amide bonds. The Balaban J connectivity index is 1.85. The highest BCUT2D eigenvalue weighted by atomic mass is 127. The Morgan fingerprint density at radius 3 is 3.00 bits per heavy atom. The van der Waals surface area contributed by atoms with Crippen LogP contribution in [-0.4, -0.2) is 11.0 Å². The average molecular weight is 373 g/mol. The topological polar surface area (TPSA) is 54.0 Å². The van der Waals surface area contributed by atoms with Crippen molar-refractivity contribution in [2.75, 3.05) is 5.32 Å². The van der Waals surface area contributed by atoms with Crippen LogP contribution < -0.4 is 10.6 Å². The van der Waals surface area contributed by atoms with Crippen molar-refractivity contribution in [1.82, 2.24) is 10.3 Å². The van der Waals surface area contributed by atoms with Gasteiger partial charge in [-0.3, -0.25) is 0 Å². The molecular formula is C12H12IN3OS. The highest BCUT2D eigenvalue weighted by Gasteiger charge is 2.03. The van der Waals surface area contributed by atoms with E-state index in [1.54, 1.807) is 11.3 Å². The molecular weight excluding hydrogens is 361 g/mol. The summed E-state index contributed by atoms with van der Waals surface area (Å²) >= 11 is 3.75. The number of rotatable bonds is 3. The summed E-state index contributed by atoms with van der Waals surface area (Å²) in [4.78, 5) is 15.9. The van der Waals surface area contributed by atoms with Crippen molar-refractivity contribution >= 4 is 45.6 Å². The van der Waals surface area contributed by atoms with Crippen LogP contribution in [0.5, 0.6) is 0 Å². The number of anilines is 1. The van der Waals surface area contributed by atoms with Gasteiger partial charge in [0.1, 0.15) is 5.01 Å². The molecule has 94 valence electrons. The summed E-state index contributed by atoms with van der Waals surface area (Å²) in [6, 6.07) is 7.43. The standard InChI is InChI=1S/C12H12IN3OS/c1-8-7-18-11(15-8)6-14-12(17)16-10-4-2-3-9(13)5-10/h2-5,7H,6H2,1H3,(H2,14,16,17). The predicted octanol–water partition coefficient (Wildman–Crippen LogP) is 3.38. The van der Waals surface area contributed by atoms with Crippen LogP contribution in [0, 0.1) is 10.5 Å². The first kappa shape index (κ1) is 13.3. The summed E-state index contributed by atoms with van der Waals surface area (Å²) in [5.41, 5.74) is 1.77. The molecule has 0 spiro atoms. The molecule has 18 heavy (non-hydrogen) atoms. The fourth-order valence-corrected chi connectivity index (χ4v) is 2.64. The number of benzene rings is 1. The predicted molar refractivity (Wildman–Crippen MR) is 81.9 cm³/mol. The summed E-state index contributed by atoms with van der Waals surface area (Å²) in [5, 5.41) is 8.43. The Morgan fingerprint density at radius 1 is 1.50 bits per heavy atom. The quantitative estimate of drug-likeness (QED) is 0.811. The van der Waals surface area contributed by atoms with Crippen LogP contribution in [0.4, 0.5) is 10.5 Å². The van der Waals surface area contributed by atoms with Gasteiger partial charge in [0.05, 0.1) is 6.54 Å². The lowest BCUT2D eigenvalue weighted by molar-refractivity contribution is 0.251. The SMILES string of the molecule is Cc1csc(CNC(=O)Nc2cccc(I)c2)n1. The third kappa shape index (κ3) is 3.95. The third-order valence-corrected chi connectivity index (χ3v) is 3.79. The van der Waals surface area contributed by atoms with Gasteiger partial charge in [-0.25, -0.2) is 9.78 Å². The number of nitrogens with zero attached hydrogens (tertiary/aromatic N) is 1. The number of urea groups is 1. The number of carbonyl (C=O) groups excluding carboxylic acids is 1. The molecule has 4 nitrogen and oxygen atoms in total. The first-order valence-electron chi connectivity index (χ1n) is 5.35. The van der Waals surface area contributed by atoms with Crippen molar-refractivity contribution in [3.8, 4) is 0 Å². The summed E-state index contributed by atoms with van der Waals surface area (Å²) in [6.07, 6.45) is 0. The van der Waals surface area contributed by atoms with Gasteiger partial charge in [0, 0.05) is 20.3 Å². The maximum atomic E-state index is 11.7. The maximum absolute atomic E-state index is 11.7. The summed E-state index contributed by atoms with van der Waals surface area (Å²) in [7, 11) is 0. The molecule has 0 saturated carbocycles. The zero-order valence-corrected chi connectivity index (χ0v) is 12.7. The normalized spacial score (nSPS) is 10.1. The zero-order valence-electron chi connectivity index (χ0n) is 9.74. The summed E-state index contributed by atoms with van der Waals surface area (Å²) in [5.74, 6) is 0. The highest BCUT2D eigenvalue weighted by Crippen LogP contribution is 2.12. The van der Waals surface area contributed by atoms with E-state index in [1.165, 1.54) is 0 Å². The Hall–Kier alpha value is -1.15. The molecule has 0 saturated heterocycles. The molecule has 1 heterocycles. The number of amides is 2. The van der Waals surface area contributed by atoms with Crippen molar-refractivity contribution in [3.05, 3.63) is 43.9 Å². The average Bonchev–Trinajstić information content (AvgIpc) is 2.73. The molecule has 1 aromatic heterocycles. The number of nitrogens with one attached hydrogen (secondary N) is 2. The van der Waals surface area contributed by atoms with E-state index >= 15 is 0 Å². The number of aromatic nitrogens is 1. The van der Waals surface area contributed by atoms with Gasteiger partial charge in [-0.15, -0.1) is 11.3 Å². The molecule has 2 N–H and O–H groups in total. The van der Waals surface area contributed by atoms with E-state index in [0.717, 1.165) is 20.0 Å². The van der Waals surface area contributed by atoms with Gasteiger partial charge >= 0.3 is 6.03 Å². The van der Waals surface area contributed by atoms with Crippen LogP contribution in [-0.2, 0) is 6.54 Å². The van der Waals surface area contributed by atoms with Crippen molar-refractivity contribution < 1.29 is 4.79 Å². The minimum Gasteiger partial charge on any atom is -0.331 e. The van der Waals surface area contributed by atoms with Crippen molar-refractivity contribution in [1.29, 1.82) is 0 Å². The molecule has 0 radical (unpaired) electrons. The van der Waals surface area contributed by atoms with E-state index in [1.807, 2.05) is 36.6 Å². The number of halogens is 1. The largest absolute Gasteiger partial charge is 0.331 e. The molecule has 0 aliphatic rings. The molecule has 0 aliphatic carbocycles. The van der Waals surface area contributed by atoms with E-state index < -0.39 is 0 Å². The molecule has 0 unspecified atom stereocenters. The van der Waals surface area contributed by atoms with E-state index in [-0.39, 0.29) is 6.03 Å². The molecule has 0 atom stereocenters. The van der Waals surface area contributed by atoms with E-state index in [0.29, 0.717) is 6.54 Å². The number of aryl methyl sites for hydroxylation is 1. The van der Waals surface area contributed by atoms with Crippen LogP contribution in [0.1, 0.15) is 10.7 Å². The van der Waals surface area contributed by atoms with Crippen LogP contribution >= 0.6 is 33.9 Å². The minimum atomic E-state index is -0.218. The fourth-order valence-electron chi connectivity index (χ4n) is 1.38. The second kappa shape index (κ2) is 6.14. The van der Waals surface area contributed by atoms with Crippen molar-refractivity contribution in [2.45, 2.75) is 13.5 Å². The Kier molecular flexibility index (Phi) is 4.54. The van der Waals surface area contributed by atoms with Crippen LogP contribution in [0.3, 0.4) is 0 Å². The molecule has 6 heteroatoms. The number of carbonyl (C=O) groups is 1. The molecule has 0 fully saturated rings. The summed E-state index contributed by atoms with van der Waals surface area (Å²) < 4.78 is 1.08. The van der Waals surface area contributed by atoms with E-state index in [9.17, 15) is 4.79 Å². The van der Waals surface area contributed by atoms with Gasteiger partial charge in [0.2, 0.25) is 0 Å². The molecule has 0 aliphatic heterocycles. The molecule has 2 rings (SSSR count). The number of hydrogen-bond acceptors (Lipinski definition) is 3. The van der Waals surface area contributed by atoms with E-state index in [4.69, 9.17) is 0 Å². The Bertz CT molecular complexity index is 556. The molecule has 1 aromatic carbocycles. The van der Waals surface area contributed by atoms with Gasteiger partial charge in [-0.1, -0.05) is 6.07 Å². The lowest BCUT2D eigenvalue weighted by Gasteiger charge is -2.06. The van der Waals surface area contributed by atoms with Gasteiger partial charge in [-0.2, -0.15) is 0 Å². The summed E-state index contributed by atoms with van der Waals surface area (Å²) in [6.45, 7) is 2.39. The lowest BCUT2D eigenvalue weighted by atomic mass is 10.3. The first-order chi connectivity index (χ1) is 8.63. The van der Waals surface area contributed by atoms with Gasteiger partial charge in [0.25, 0.3) is 0 Å². The van der Waals surface area contributed by atoms with Crippen LogP contribution in [0.25, 0.3) is 0 Å². The zero-order chi connectivity index (χ0) is 13.0. The van der Waals surface area contributed by atoms with Crippen LogP contribution in [0.2, 0.25) is 0 Å². The van der Waals surface area contributed by atoms with E-state index in [2.05, 4.69) is 38.2 Å². The van der Waals surface area contributed by atoms with Gasteiger partial charge in [-0.05, 0) is 47.7 Å². The van der Waals surface area contributed by atoms with Gasteiger partial charge < -0.3 is 10.6 Å². The number of hydrogen-bond donors (Lipinski definition) is 2. The lowest BCUT2D eigenvalue weighted by Crippen LogP contribution is -2.28. The maximum Gasteiger partial charge on any atom is 0.319 e. The molecule has 0 bridgehead atoms. The minimum absolute atomic E-state index is 0.218. The smallest absolute Gasteiger partial charge is 0.319 e. The Morgan fingerprint density at radius 2 is 2.33 bits per heavy atom. The molecule has 2 aromatic rings. The number of thiazole rings is 1. The third-order valence-electron chi connectivity index (χ3n) is 2.15.